The van der Waals surface area contributed by atoms with Crippen molar-refractivity contribution in [1.82, 2.24) is 15.3 Å². The van der Waals surface area contributed by atoms with Gasteiger partial charge in [0.25, 0.3) is 5.91 Å². The number of amides is 1. The number of carbonyl (C=O) groups excluding carboxylic acids is 1. The Bertz CT molecular complexity index is 1170. The lowest BCUT2D eigenvalue weighted by Crippen LogP contribution is -2.27. The average Bonchev–Trinajstić information content (AvgIpc) is 3.30. The van der Waals surface area contributed by atoms with Crippen LogP contribution in [0.1, 0.15) is 11.1 Å². The molecule has 1 aliphatic rings. The van der Waals surface area contributed by atoms with E-state index in [1.165, 1.54) is 0 Å². The SMILES string of the molecule is O=C1NC(O)C(c2c[nH]c3ccccc23)=C1c1c[nH]c2ccccc12. The van der Waals surface area contributed by atoms with Crippen molar-refractivity contribution in [3.05, 3.63) is 72.1 Å². The highest BCUT2D eigenvalue weighted by Crippen LogP contribution is 2.38. The lowest BCUT2D eigenvalue weighted by molar-refractivity contribution is -0.116. The Balaban J connectivity index is 1.83. The van der Waals surface area contributed by atoms with E-state index in [2.05, 4.69) is 15.3 Å². The number of hydrogen-bond acceptors (Lipinski definition) is 2. The molecule has 4 aromatic rings. The molecule has 1 aliphatic heterocycles. The predicted octanol–water partition coefficient (Wildman–Crippen LogP) is 3.01. The first-order valence-corrected chi connectivity index (χ1v) is 8.10. The summed E-state index contributed by atoms with van der Waals surface area (Å²) in [6.07, 6.45) is 2.64. The summed E-state index contributed by atoms with van der Waals surface area (Å²) in [5.41, 5.74) is 4.67. The Morgan fingerprint density at radius 3 is 2.04 bits per heavy atom. The summed E-state index contributed by atoms with van der Waals surface area (Å²) in [7, 11) is 0. The van der Waals surface area contributed by atoms with E-state index in [1.54, 1.807) is 0 Å². The van der Waals surface area contributed by atoms with Gasteiger partial charge in [0.05, 0.1) is 5.57 Å². The maximum absolute atomic E-state index is 12.6. The van der Waals surface area contributed by atoms with Crippen LogP contribution in [0.3, 0.4) is 0 Å². The van der Waals surface area contributed by atoms with Crippen LogP contribution in [0.5, 0.6) is 0 Å². The summed E-state index contributed by atoms with van der Waals surface area (Å²) in [4.78, 5) is 19.0. The lowest BCUT2D eigenvalue weighted by Gasteiger charge is -2.08. The van der Waals surface area contributed by atoms with E-state index < -0.39 is 6.23 Å². The van der Waals surface area contributed by atoms with Crippen LogP contribution in [-0.2, 0) is 4.79 Å². The largest absolute Gasteiger partial charge is 0.369 e. The molecule has 0 aliphatic carbocycles. The van der Waals surface area contributed by atoms with Gasteiger partial charge in [0, 0.05) is 50.9 Å². The van der Waals surface area contributed by atoms with Gasteiger partial charge < -0.3 is 20.4 Å². The number of H-pyrrole nitrogens is 2. The zero-order valence-corrected chi connectivity index (χ0v) is 13.2. The van der Waals surface area contributed by atoms with Crippen LogP contribution < -0.4 is 5.32 Å². The minimum absolute atomic E-state index is 0.266. The van der Waals surface area contributed by atoms with E-state index in [4.69, 9.17) is 0 Å². The van der Waals surface area contributed by atoms with Crippen molar-refractivity contribution in [1.29, 1.82) is 0 Å². The van der Waals surface area contributed by atoms with Crippen LogP contribution in [0.15, 0.2) is 60.9 Å². The fourth-order valence-electron chi connectivity index (χ4n) is 3.65. The molecule has 0 saturated carbocycles. The van der Waals surface area contributed by atoms with Crippen molar-refractivity contribution in [3.63, 3.8) is 0 Å². The second-order valence-corrected chi connectivity index (χ2v) is 6.16. The summed E-state index contributed by atoms with van der Waals surface area (Å²) in [5.74, 6) is -0.266. The van der Waals surface area contributed by atoms with E-state index in [0.717, 1.165) is 32.9 Å². The zero-order valence-electron chi connectivity index (χ0n) is 13.2. The molecule has 5 nitrogen and oxygen atoms in total. The number of benzene rings is 2. The number of rotatable bonds is 2. The molecule has 0 spiro atoms. The molecule has 1 unspecified atom stereocenters. The number of aromatic nitrogens is 2. The Kier molecular flexibility index (Phi) is 2.87. The normalized spacial score (nSPS) is 17.6. The van der Waals surface area contributed by atoms with Gasteiger partial charge in [0.15, 0.2) is 6.23 Å². The van der Waals surface area contributed by atoms with Crippen LogP contribution in [0.25, 0.3) is 33.0 Å². The third-order valence-electron chi connectivity index (χ3n) is 4.78. The zero-order chi connectivity index (χ0) is 17.0. The maximum atomic E-state index is 12.6. The molecule has 5 heteroatoms. The van der Waals surface area contributed by atoms with Crippen LogP contribution >= 0.6 is 0 Å². The van der Waals surface area contributed by atoms with Crippen molar-refractivity contribution < 1.29 is 9.90 Å². The molecule has 2 aromatic heterocycles. The van der Waals surface area contributed by atoms with Gasteiger partial charge in [-0.25, -0.2) is 0 Å². The molecule has 4 N–H and O–H groups in total. The molecule has 0 saturated heterocycles. The molecule has 122 valence electrons. The smallest absolute Gasteiger partial charge is 0.254 e. The second-order valence-electron chi connectivity index (χ2n) is 6.16. The third kappa shape index (κ3) is 1.96. The summed E-state index contributed by atoms with van der Waals surface area (Å²) < 4.78 is 0. The molecule has 1 amide bonds. The Morgan fingerprint density at radius 2 is 1.36 bits per heavy atom. The third-order valence-corrected chi connectivity index (χ3v) is 4.78. The Labute approximate surface area is 143 Å². The highest BCUT2D eigenvalue weighted by atomic mass is 16.3. The standard InChI is InChI=1S/C20H15N3O2/c24-19-17(13-9-21-15-7-3-1-5-11(13)15)18(20(25)23-19)14-10-22-16-8-4-2-6-12(14)16/h1-10,19,21-22,24H,(H,23,25). The number of aliphatic hydroxyl groups is 1. The van der Waals surface area contributed by atoms with Gasteiger partial charge in [-0.05, 0) is 12.1 Å². The molecule has 2 aromatic carbocycles. The number of para-hydroxylation sites is 2. The number of aromatic amines is 2. The first kappa shape index (κ1) is 14.1. The van der Waals surface area contributed by atoms with Crippen molar-refractivity contribution in [2.24, 2.45) is 0 Å². The average molecular weight is 329 g/mol. The minimum atomic E-state index is -1.03. The fourth-order valence-corrected chi connectivity index (χ4v) is 3.65. The summed E-state index contributed by atoms with van der Waals surface area (Å²) in [6, 6.07) is 15.7. The van der Waals surface area contributed by atoms with Crippen molar-refractivity contribution >= 4 is 38.9 Å². The van der Waals surface area contributed by atoms with Crippen LogP contribution in [0, 0.1) is 0 Å². The quantitative estimate of drug-likeness (QED) is 0.456. The van der Waals surface area contributed by atoms with E-state index in [-0.39, 0.29) is 5.91 Å². The van der Waals surface area contributed by atoms with Crippen molar-refractivity contribution in [3.8, 4) is 0 Å². The molecule has 1 atom stereocenters. The number of carbonyl (C=O) groups is 1. The van der Waals surface area contributed by atoms with Gasteiger partial charge in [-0.2, -0.15) is 0 Å². The molecule has 0 bridgehead atoms. The summed E-state index contributed by atoms with van der Waals surface area (Å²) in [5, 5.41) is 15.1. The number of aliphatic hydroxyl groups excluding tert-OH is 1. The Morgan fingerprint density at radius 1 is 0.800 bits per heavy atom. The van der Waals surface area contributed by atoms with Gasteiger partial charge in [0.1, 0.15) is 0 Å². The van der Waals surface area contributed by atoms with Crippen molar-refractivity contribution in [2.45, 2.75) is 6.23 Å². The molecule has 5 rings (SSSR count). The fraction of sp³-hybridized carbons (Fsp3) is 0.0500. The number of nitrogens with one attached hydrogen (secondary N) is 3. The van der Waals surface area contributed by atoms with Crippen LogP contribution in [-0.4, -0.2) is 27.2 Å². The Hall–Kier alpha value is -3.31. The van der Waals surface area contributed by atoms with Gasteiger partial charge in [-0.15, -0.1) is 0 Å². The molecular formula is C20H15N3O2. The summed E-state index contributed by atoms with van der Waals surface area (Å²) >= 11 is 0. The second kappa shape index (κ2) is 5.09. The molecule has 3 heterocycles. The maximum Gasteiger partial charge on any atom is 0.254 e. The number of hydrogen-bond donors (Lipinski definition) is 4. The first-order chi connectivity index (χ1) is 12.2. The van der Waals surface area contributed by atoms with Gasteiger partial charge in [0.2, 0.25) is 0 Å². The van der Waals surface area contributed by atoms with E-state index in [1.807, 2.05) is 60.9 Å². The predicted molar refractivity (Wildman–Crippen MR) is 97.6 cm³/mol. The first-order valence-electron chi connectivity index (χ1n) is 8.10. The highest BCUT2D eigenvalue weighted by Gasteiger charge is 2.34. The molecular weight excluding hydrogens is 314 g/mol. The van der Waals surface area contributed by atoms with Gasteiger partial charge >= 0.3 is 0 Å². The molecule has 0 radical (unpaired) electrons. The summed E-state index contributed by atoms with van der Waals surface area (Å²) in [6.45, 7) is 0. The van der Waals surface area contributed by atoms with E-state index >= 15 is 0 Å². The van der Waals surface area contributed by atoms with E-state index in [9.17, 15) is 9.90 Å². The topological polar surface area (TPSA) is 80.9 Å². The van der Waals surface area contributed by atoms with Crippen molar-refractivity contribution in [2.75, 3.05) is 0 Å². The van der Waals surface area contributed by atoms with Gasteiger partial charge in [-0.3, -0.25) is 4.79 Å². The molecule has 25 heavy (non-hydrogen) atoms. The number of fused-ring (bicyclic) bond motifs is 2. The van der Waals surface area contributed by atoms with Crippen LogP contribution in [0.2, 0.25) is 0 Å². The lowest BCUT2D eigenvalue weighted by atomic mass is 9.95. The van der Waals surface area contributed by atoms with E-state index in [0.29, 0.717) is 11.1 Å². The highest BCUT2D eigenvalue weighted by molar-refractivity contribution is 6.33. The monoisotopic (exact) mass is 329 g/mol. The van der Waals surface area contributed by atoms with Crippen LogP contribution in [0.4, 0.5) is 0 Å². The minimum Gasteiger partial charge on any atom is -0.369 e. The van der Waals surface area contributed by atoms with Gasteiger partial charge in [-0.1, -0.05) is 36.4 Å². The molecule has 0 fully saturated rings.